The normalized spacial score (nSPS) is 10.3. The number of nitrogens with zero attached hydrogens (tertiary/aromatic N) is 2. The van der Waals surface area contributed by atoms with E-state index >= 15 is 0 Å². The summed E-state index contributed by atoms with van der Waals surface area (Å²) in [6.45, 7) is 10.5. The number of aromatic nitrogens is 1. The maximum absolute atomic E-state index is 8.93. The van der Waals surface area contributed by atoms with E-state index in [1.807, 2.05) is 13.0 Å². The second-order valence-corrected chi connectivity index (χ2v) is 5.14. The monoisotopic (exact) mass is 250 g/mol. The largest absolute Gasteiger partial charge is 0.255 e. The molecule has 2 aromatic rings. The first-order valence-electron chi connectivity index (χ1n) is 6.40. The summed E-state index contributed by atoms with van der Waals surface area (Å²) in [6.07, 6.45) is 1.65. The van der Waals surface area contributed by atoms with Gasteiger partial charge in [-0.3, -0.25) is 4.98 Å². The summed E-state index contributed by atoms with van der Waals surface area (Å²) >= 11 is 0. The number of rotatable bonds is 1. The minimum Gasteiger partial charge on any atom is -0.255 e. The van der Waals surface area contributed by atoms with Crippen LogP contribution >= 0.6 is 0 Å². The third kappa shape index (κ3) is 2.24. The molecular weight excluding hydrogens is 232 g/mol. The van der Waals surface area contributed by atoms with Gasteiger partial charge in [0.1, 0.15) is 6.07 Å². The van der Waals surface area contributed by atoms with Gasteiger partial charge in [-0.2, -0.15) is 5.26 Å². The Kier molecular flexibility index (Phi) is 3.40. The third-order valence-corrected chi connectivity index (χ3v) is 3.81. The van der Waals surface area contributed by atoms with Crippen LogP contribution in [0, 0.1) is 45.9 Å². The number of pyridine rings is 1. The standard InChI is InChI=1S/C17H18N2/c1-10-6-11(2)14(5)16(13(10)4)17-12(3)7-15(8-18)9-19-17/h6-7,9H,1-5H3. The fraction of sp³-hybridized carbons (Fsp3) is 0.294. The fourth-order valence-electron chi connectivity index (χ4n) is 2.47. The Balaban J connectivity index is 2.76. The molecular formula is C17H18N2. The van der Waals surface area contributed by atoms with E-state index in [-0.39, 0.29) is 0 Å². The van der Waals surface area contributed by atoms with E-state index in [0.717, 1.165) is 11.3 Å². The maximum Gasteiger partial charge on any atom is 0.101 e. The van der Waals surface area contributed by atoms with E-state index in [1.165, 1.54) is 27.8 Å². The average molecular weight is 250 g/mol. The molecule has 0 unspecified atom stereocenters. The molecule has 96 valence electrons. The third-order valence-electron chi connectivity index (χ3n) is 3.81. The predicted molar refractivity (Wildman–Crippen MR) is 78.1 cm³/mol. The van der Waals surface area contributed by atoms with Gasteiger partial charge >= 0.3 is 0 Å². The van der Waals surface area contributed by atoms with Crippen molar-refractivity contribution in [1.29, 1.82) is 5.26 Å². The quantitative estimate of drug-likeness (QED) is 0.762. The highest BCUT2D eigenvalue weighted by molar-refractivity contribution is 5.73. The van der Waals surface area contributed by atoms with E-state index in [1.54, 1.807) is 6.20 Å². The van der Waals surface area contributed by atoms with Crippen molar-refractivity contribution in [3.8, 4) is 17.3 Å². The number of benzene rings is 1. The van der Waals surface area contributed by atoms with Gasteiger partial charge in [0.05, 0.1) is 11.3 Å². The molecule has 0 bridgehead atoms. The summed E-state index contributed by atoms with van der Waals surface area (Å²) in [5.74, 6) is 0. The van der Waals surface area contributed by atoms with Crippen molar-refractivity contribution in [3.05, 3.63) is 51.7 Å². The second-order valence-electron chi connectivity index (χ2n) is 5.14. The van der Waals surface area contributed by atoms with Gasteiger partial charge in [-0.05, 0) is 68.5 Å². The molecule has 0 atom stereocenters. The zero-order valence-electron chi connectivity index (χ0n) is 12.1. The Morgan fingerprint density at radius 2 is 1.47 bits per heavy atom. The van der Waals surface area contributed by atoms with Gasteiger partial charge in [0.25, 0.3) is 0 Å². The Bertz CT molecular complexity index is 665. The van der Waals surface area contributed by atoms with Crippen LogP contribution in [0.2, 0.25) is 0 Å². The lowest BCUT2D eigenvalue weighted by molar-refractivity contribution is 1.19. The molecule has 19 heavy (non-hydrogen) atoms. The van der Waals surface area contributed by atoms with Gasteiger partial charge < -0.3 is 0 Å². The SMILES string of the molecule is Cc1cc(C#N)cnc1-c1c(C)c(C)cc(C)c1C. The summed E-state index contributed by atoms with van der Waals surface area (Å²) in [5, 5.41) is 8.93. The molecule has 0 spiro atoms. The average Bonchev–Trinajstić information content (AvgIpc) is 2.38. The summed E-state index contributed by atoms with van der Waals surface area (Å²) in [6, 6.07) is 6.25. The smallest absolute Gasteiger partial charge is 0.101 e. The lowest BCUT2D eigenvalue weighted by Gasteiger charge is -2.16. The number of nitriles is 1. The highest BCUT2D eigenvalue weighted by atomic mass is 14.7. The van der Waals surface area contributed by atoms with E-state index < -0.39 is 0 Å². The zero-order valence-corrected chi connectivity index (χ0v) is 12.1. The maximum atomic E-state index is 8.93. The van der Waals surface area contributed by atoms with Crippen LogP contribution < -0.4 is 0 Å². The summed E-state index contributed by atoms with van der Waals surface area (Å²) in [4.78, 5) is 4.50. The molecule has 0 saturated heterocycles. The minimum atomic E-state index is 0.612. The number of hydrogen-bond acceptors (Lipinski definition) is 2. The minimum absolute atomic E-state index is 0.612. The van der Waals surface area contributed by atoms with Gasteiger partial charge in [0, 0.05) is 11.8 Å². The second kappa shape index (κ2) is 4.85. The Morgan fingerprint density at radius 3 is 1.95 bits per heavy atom. The Labute approximate surface area is 114 Å². The lowest BCUT2D eigenvalue weighted by Crippen LogP contribution is -1.99. The van der Waals surface area contributed by atoms with Crippen LogP contribution in [0.3, 0.4) is 0 Å². The highest BCUT2D eigenvalue weighted by Gasteiger charge is 2.14. The Hall–Kier alpha value is -2.14. The van der Waals surface area contributed by atoms with E-state index in [0.29, 0.717) is 5.56 Å². The van der Waals surface area contributed by atoms with E-state index in [2.05, 4.69) is 44.8 Å². The zero-order chi connectivity index (χ0) is 14.2. The molecule has 0 N–H and O–H groups in total. The molecule has 2 rings (SSSR count). The van der Waals surface area contributed by atoms with Crippen LogP contribution in [0.25, 0.3) is 11.3 Å². The van der Waals surface area contributed by atoms with Gasteiger partial charge in [0.2, 0.25) is 0 Å². The van der Waals surface area contributed by atoms with Gasteiger partial charge in [-0.1, -0.05) is 6.07 Å². The molecule has 0 saturated carbocycles. The summed E-state index contributed by atoms with van der Waals surface area (Å²) < 4.78 is 0. The van der Waals surface area contributed by atoms with Crippen LogP contribution in [-0.2, 0) is 0 Å². The van der Waals surface area contributed by atoms with Crippen molar-refractivity contribution in [2.45, 2.75) is 34.6 Å². The van der Waals surface area contributed by atoms with E-state index in [9.17, 15) is 0 Å². The van der Waals surface area contributed by atoms with Gasteiger partial charge in [-0.15, -0.1) is 0 Å². The molecule has 0 aliphatic rings. The molecule has 0 aliphatic heterocycles. The molecule has 0 radical (unpaired) electrons. The highest BCUT2D eigenvalue weighted by Crippen LogP contribution is 2.32. The molecule has 0 fully saturated rings. The van der Waals surface area contributed by atoms with Crippen molar-refractivity contribution < 1.29 is 0 Å². The number of aryl methyl sites for hydroxylation is 3. The number of hydrogen-bond donors (Lipinski definition) is 0. The van der Waals surface area contributed by atoms with Crippen molar-refractivity contribution in [1.82, 2.24) is 4.98 Å². The van der Waals surface area contributed by atoms with Crippen LogP contribution in [0.15, 0.2) is 18.3 Å². The topological polar surface area (TPSA) is 36.7 Å². The summed E-state index contributed by atoms with van der Waals surface area (Å²) in [7, 11) is 0. The van der Waals surface area contributed by atoms with Crippen molar-refractivity contribution in [2.24, 2.45) is 0 Å². The molecule has 0 aliphatic carbocycles. The molecule has 0 amide bonds. The van der Waals surface area contributed by atoms with Crippen LogP contribution in [0.1, 0.15) is 33.4 Å². The molecule has 1 aromatic carbocycles. The first-order valence-corrected chi connectivity index (χ1v) is 6.40. The molecule has 2 heteroatoms. The lowest BCUT2D eigenvalue weighted by atomic mass is 9.90. The molecule has 1 aromatic heterocycles. The van der Waals surface area contributed by atoms with Crippen LogP contribution in [0.4, 0.5) is 0 Å². The molecule has 1 heterocycles. The summed E-state index contributed by atoms with van der Waals surface area (Å²) in [5.41, 5.74) is 8.95. The Morgan fingerprint density at radius 1 is 0.895 bits per heavy atom. The fourth-order valence-corrected chi connectivity index (χ4v) is 2.47. The first kappa shape index (κ1) is 13.3. The molecule has 2 nitrogen and oxygen atoms in total. The van der Waals surface area contributed by atoms with Crippen molar-refractivity contribution in [2.75, 3.05) is 0 Å². The van der Waals surface area contributed by atoms with Crippen LogP contribution in [0.5, 0.6) is 0 Å². The van der Waals surface area contributed by atoms with Crippen LogP contribution in [-0.4, -0.2) is 4.98 Å². The van der Waals surface area contributed by atoms with E-state index in [4.69, 9.17) is 5.26 Å². The predicted octanol–water partition coefficient (Wildman–Crippen LogP) is 4.16. The van der Waals surface area contributed by atoms with Gasteiger partial charge in [-0.25, -0.2) is 0 Å². The van der Waals surface area contributed by atoms with Gasteiger partial charge in [0.15, 0.2) is 0 Å². The van der Waals surface area contributed by atoms with Crippen molar-refractivity contribution in [3.63, 3.8) is 0 Å². The first-order chi connectivity index (χ1) is 8.95. The van der Waals surface area contributed by atoms with Crippen molar-refractivity contribution >= 4 is 0 Å².